The zero-order chi connectivity index (χ0) is 19.8. The molecule has 2 N–H and O–H groups in total. The number of piperidine rings is 1. The van der Waals surface area contributed by atoms with Crippen LogP contribution in [0.2, 0.25) is 0 Å². The van der Waals surface area contributed by atoms with Gasteiger partial charge in [-0.05, 0) is 18.6 Å². The molecule has 6 nitrogen and oxygen atoms in total. The molecule has 0 aliphatic carbocycles. The monoisotopic (exact) mass is 401 g/mol. The number of nitrogens with zero attached hydrogens (tertiary/aromatic N) is 3. The van der Waals surface area contributed by atoms with Gasteiger partial charge < -0.3 is 14.7 Å². The van der Waals surface area contributed by atoms with Gasteiger partial charge in [-0.25, -0.2) is 4.98 Å². The second-order valence-electron chi connectivity index (χ2n) is 8.09. The van der Waals surface area contributed by atoms with Gasteiger partial charge in [-0.3, -0.25) is 0 Å². The molecule has 0 spiro atoms. The summed E-state index contributed by atoms with van der Waals surface area (Å²) in [6.45, 7) is 8.85. The fraction of sp³-hybridized carbons (Fsp3) is 0.524. The first-order valence-electron chi connectivity index (χ1n) is 10.1. The number of aryl methyl sites for hydroxylation is 1. The Kier molecular flexibility index (Phi) is 5.29. The number of thiazole rings is 1. The summed E-state index contributed by atoms with van der Waals surface area (Å²) in [4.78, 5) is 7.75. The Morgan fingerprint density at radius 2 is 2.07 bits per heavy atom. The number of benzene rings is 1. The van der Waals surface area contributed by atoms with Crippen molar-refractivity contribution in [2.75, 3.05) is 20.2 Å². The van der Waals surface area contributed by atoms with Gasteiger partial charge in [0.2, 0.25) is 10.8 Å². The van der Waals surface area contributed by atoms with Crippen molar-refractivity contribution in [2.45, 2.75) is 39.7 Å². The Balaban J connectivity index is 1.82. The highest BCUT2D eigenvalue weighted by Gasteiger charge is 2.37. The van der Waals surface area contributed by atoms with E-state index in [1.165, 1.54) is 11.3 Å². The van der Waals surface area contributed by atoms with Crippen molar-refractivity contribution in [3.63, 3.8) is 0 Å². The quantitative estimate of drug-likeness (QED) is 0.690. The second-order valence-corrected chi connectivity index (χ2v) is 9.10. The summed E-state index contributed by atoms with van der Waals surface area (Å²) >= 11 is 1.55. The summed E-state index contributed by atoms with van der Waals surface area (Å²) in [6.07, 6.45) is 2.02. The average molecular weight is 402 g/mol. The number of ether oxygens (including phenoxy) is 1. The number of fused-ring (bicyclic) bond motifs is 1. The number of quaternary nitrogens is 1. The molecule has 1 aliphatic heterocycles. The maximum absolute atomic E-state index is 11.0. The van der Waals surface area contributed by atoms with E-state index in [9.17, 15) is 5.11 Å². The van der Waals surface area contributed by atoms with E-state index in [0.717, 1.165) is 46.5 Å². The number of aromatic hydroxyl groups is 1. The Morgan fingerprint density at radius 1 is 1.32 bits per heavy atom. The lowest BCUT2D eigenvalue weighted by Gasteiger charge is -2.37. The summed E-state index contributed by atoms with van der Waals surface area (Å²) in [5.74, 6) is 3.13. The van der Waals surface area contributed by atoms with Crippen molar-refractivity contribution >= 4 is 16.3 Å². The lowest BCUT2D eigenvalue weighted by atomic mass is 9.89. The first-order valence-corrected chi connectivity index (χ1v) is 10.9. The van der Waals surface area contributed by atoms with Gasteiger partial charge in [0.25, 0.3) is 0 Å². The summed E-state index contributed by atoms with van der Waals surface area (Å²) in [5.41, 5.74) is 1.16. The van der Waals surface area contributed by atoms with Crippen LogP contribution in [0.5, 0.6) is 11.6 Å². The largest absolute Gasteiger partial charge is 0.497 e. The molecule has 1 aliphatic rings. The third-order valence-corrected chi connectivity index (χ3v) is 6.77. The van der Waals surface area contributed by atoms with Crippen LogP contribution in [-0.2, 0) is 6.42 Å². The molecule has 1 aromatic carbocycles. The first-order chi connectivity index (χ1) is 13.5. The summed E-state index contributed by atoms with van der Waals surface area (Å²) < 4.78 is 7.08. The van der Waals surface area contributed by atoms with Gasteiger partial charge in [0.15, 0.2) is 11.9 Å². The van der Waals surface area contributed by atoms with Gasteiger partial charge in [-0.2, -0.15) is 4.52 Å². The maximum atomic E-state index is 11.0. The number of nitrogens with one attached hydrogen (secondary N) is 1. The van der Waals surface area contributed by atoms with Crippen LogP contribution in [0.4, 0.5) is 0 Å². The molecule has 0 radical (unpaired) electrons. The molecule has 0 unspecified atom stereocenters. The van der Waals surface area contributed by atoms with Crippen LogP contribution in [0.15, 0.2) is 24.3 Å². The van der Waals surface area contributed by atoms with Gasteiger partial charge >= 0.3 is 0 Å². The Morgan fingerprint density at radius 3 is 2.71 bits per heavy atom. The minimum Gasteiger partial charge on any atom is -0.497 e. The lowest BCUT2D eigenvalue weighted by Crippen LogP contribution is -3.14. The summed E-state index contributed by atoms with van der Waals surface area (Å²) in [6, 6.07) is 8.26. The molecule has 0 amide bonds. The Hall–Kier alpha value is -2.12. The highest BCUT2D eigenvalue weighted by molar-refractivity contribution is 7.17. The van der Waals surface area contributed by atoms with Crippen molar-refractivity contribution in [1.82, 2.24) is 14.6 Å². The molecule has 4 rings (SSSR count). The van der Waals surface area contributed by atoms with Gasteiger partial charge in [-0.15, -0.1) is 5.10 Å². The van der Waals surface area contributed by atoms with Gasteiger partial charge in [0.1, 0.15) is 10.6 Å². The van der Waals surface area contributed by atoms with E-state index < -0.39 is 0 Å². The van der Waals surface area contributed by atoms with Gasteiger partial charge in [0.05, 0.1) is 20.2 Å². The molecule has 3 atom stereocenters. The van der Waals surface area contributed by atoms with E-state index in [1.807, 2.05) is 19.1 Å². The average Bonchev–Trinajstić information content (AvgIpc) is 3.21. The Labute approximate surface area is 169 Å². The fourth-order valence-electron chi connectivity index (χ4n) is 4.59. The SMILES string of the molecule is CCc1nc2sc([C@@H](c3cccc(OC)c3)[NH+]3C[C@@H](C)C[C@H](C)C3)c(O)n2n1. The molecule has 7 heteroatoms. The van der Waals surface area contributed by atoms with E-state index >= 15 is 0 Å². The number of aromatic nitrogens is 3. The van der Waals surface area contributed by atoms with Gasteiger partial charge in [-0.1, -0.05) is 44.2 Å². The smallest absolute Gasteiger partial charge is 0.235 e. The summed E-state index contributed by atoms with van der Waals surface area (Å²) in [7, 11) is 1.69. The van der Waals surface area contributed by atoms with Crippen LogP contribution in [0.1, 0.15) is 49.5 Å². The van der Waals surface area contributed by atoms with Crippen LogP contribution in [-0.4, -0.2) is 39.9 Å². The van der Waals surface area contributed by atoms with Gasteiger partial charge in [0, 0.05) is 23.8 Å². The second kappa shape index (κ2) is 7.72. The number of hydrogen-bond acceptors (Lipinski definition) is 5. The van der Waals surface area contributed by atoms with Crippen molar-refractivity contribution < 1.29 is 14.7 Å². The lowest BCUT2D eigenvalue weighted by molar-refractivity contribution is -0.936. The molecule has 3 aromatic rings. The molecule has 150 valence electrons. The van der Waals surface area contributed by atoms with Crippen LogP contribution < -0.4 is 9.64 Å². The molecular formula is C21H29N4O2S+. The number of rotatable bonds is 5. The molecule has 0 bridgehead atoms. The fourth-order valence-corrected chi connectivity index (χ4v) is 5.75. The zero-order valence-electron chi connectivity index (χ0n) is 17.0. The minimum absolute atomic E-state index is 0.0406. The highest BCUT2D eigenvalue weighted by atomic mass is 32.1. The molecule has 0 saturated carbocycles. The number of methoxy groups -OCH3 is 1. The predicted molar refractivity (Wildman–Crippen MR) is 110 cm³/mol. The third kappa shape index (κ3) is 3.49. The maximum Gasteiger partial charge on any atom is 0.235 e. The Bertz CT molecular complexity index is 957. The van der Waals surface area contributed by atoms with E-state index in [1.54, 1.807) is 23.0 Å². The minimum atomic E-state index is 0.0406. The normalized spacial score (nSPS) is 23.8. The molecule has 1 saturated heterocycles. The van der Waals surface area contributed by atoms with E-state index in [4.69, 9.17) is 4.74 Å². The van der Waals surface area contributed by atoms with Crippen molar-refractivity contribution in [3.8, 4) is 11.6 Å². The third-order valence-electron chi connectivity index (χ3n) is 5.68. The van der Waals surface area contributed by atoms with Crippen molar-refractivity contribution in [1.29, 1.82) is 0 Å². The number of likely N-dealkylation sites (tertiary alicyclic amines) is 1. The molecule has 2 aromatic heterocycles. The molecule has 1 fully saturated rings. The zero-order valence-corrected chi connectivity index (χ0v) is 17.8. The van der Waals surface area contributed by atoms with E-state index in [0.29, 0.717) is 11.8 Å². The molecular weight excluding hydrogens is 372 g/mol. The topological polar surface area (TPSA) is 64.1 Å². The van der Waals surface area contributed by atoms with Crippen LogP contribution in [0, 0.1) is 11.8 Å². The van der Waals surface area contributed by atoms with Crippen LogP contribution >= 0.6 is 11.3 Å². The van der Waals surface area contributed by atoms with E-state index in [2.05, 4.69) is 36.1 Å². The standard InChI is InChI=1S/C21H28N4O2S/c1-5-17-22-21-25(23-17)20(26)19(28-21)18(15-7-6-8-16(10-15)27-4)24-11-13(2)9-14(3)12-24/h6-8,10,13-14,18,26H,5,9,11-12H2,1-4H3/p+1/t13-,14-,18+/m0/s1. The van der Waals surface area contributed by atoms with E-state index in [-0.39, 0.29) is 11.9 Å². The molecule has 28 heavy (non-hydrogen) atoms. The summed E-state index contributed by atoms with van der Waals surface area (Å²) in [5, 5.41) is 15.5. The van der Waals surface area contributed by atoms with Crippen LogP contribution in [0.3, 0.4) is 0 Å². The predicted octanol–water partition coefficient (Wildman–Crippen LogP) is 2.72. The first kappa shape index (κ1) is 19.2. The highest BCUT2D eigenvalue weighted by Crippen LogP contribution is 2.36. The van der Waals surface area contributed by atoms with Crippen molar-refractivity contribution in [2.24, 2.45) is 11.8 Å². The van der Waals surface area contributed by atoms with Crippen LogP contribution in [0.25, 0.3) is 4.96 Å². The number of hydrogen-bond donors (Lipinski definition) is 2. The molecule has 3 heterocycles. The van der Waals surface area contributed by atoms with Crippen molar-refractivity contribution in [3.05, 3.63) is 40.5 Å².